The van der Waals surface area contributed by atoms with Gasteiger partial charge in [-0.25, -0.2) is 0 Å². The minimum absolute atomic E-state index is 0.0747. The number of nitrogens with zero attached hydrogens (tertiary/aromatic N) is 4. The van der Waals surface area contributed by atoms with Gasteiger partial charge in [-0.15, -0.1) is 0 Å². The number of aromatic nitrogens is 2. The molecule has 2 atom stereocenters. The van der Waals surface area contributed by atoms with Gasteiger partial charge in [-0.1, -0.05) is 6.08 Å². The summed E-state index contributed by atoms with van der Waals surface area (Å²) in [6.45, 7) is 5.20. The van der Waals surface area contributed by atoms with E-state index < -0.39 is 0 Å². The number of pyridine rings is 2. The van der Waals surface area contributed by atoms with Gasteiger partial charge in [-0.2, -0.15) is 5.26 Å². The van der Waals surface area contributed by atoms with E-state index in [1.165, 1.54) is 11.3 Å². The molecule has 1 aliphatic heterocycles. The number of fused-ring (bicyclic) bond motifs is 1. The Labute approximate surface area is 181 Å². The van der Waals surface area contributed by atoms with E-state index in [4.69, 9.17) is 5.26 Å². The van der Waals surface area contributed by atoms with Crippen molar-refractivity contribution in [1.82, 2.24) is 14.9 Å². The first-order valence-corrected chi connectivity index (χ1v) is 10.8. The SMILES string of the molecule is CC1CN(c2ccc(C#N)cc2)CCN1C1C=C(c2cc3ncccc3c(=O)[nH]2)CC1. The number of nitrogens with one attached hydrogen (secondary N) is 1. The van der Waals surface area contributed by atoms with Crippen LogP contribution in [0.25, 0.3) is 16.5 Å². The Balaban J connectivity index is 1.32. The van der Waals surface area contributed by atoms with Crippen LogP contribution in [0.4, 0.5) is 5.69 Å². The summed E-state index contributed by atoms with van der Waals surface area (Å²) in [5.41, 5.74) is 4.64. The first-order chi connectivity index (χ1) is 15.1. The van der Waals surface area contributed by atoms with Crippen LogP contribution in [0.1, 0.15) is 31.0 Å². The second kappa shape index (κ2) is 8.01. The predicted molar refractivity (Wildman–Crippen MR) is 123 cm³/mol. The van der Waals surface area contributed by atoms with Gasteiger partial charge >= 0.3 is 0 Å². The lowest BCUT2D eigenvalue weighted by molar-refractivity contribution is 0.153. The lowest BCUT2D eigenvalue weighted by Gasteiger charge is -2.43. The van der Waals surface area contributed by atoms with Crippen molar-refractivity contribution in [1.29, 1.82) is 5.26 Å². The molecule has 0 bridgehead atoms. The van der Waals surface area contributed by atoms with Gasteiger partial charge in [-0.3, -0.25) is 14.7 Å². The number of allylic oxidation sites excluding steroid dienone is 1. The molecule has 156 valence electrons. The minimum atomic E-state index is -0.0747. The number of H-pyrrole nitrogens is 1. The van der Waals surface area contributed by atoms with E-state index in [0.717, 1.165) is 43.7 Å². The van der Waals surface area contributed by atoms with Crippen molar-refractivity contribution >= 4 is 22.2 Å². The molecule has 1 aliphatic carbocycles. The van der Waals surface area contributed by atoms with Crippen LogP contribution < -0.4 is 10.5 Å². The van der Waals surface area contributed by atoms with Crippen LogP contribution in [0.15, 0.2) is 59.5 Å². The molecule has 2 unspecified atom stereocenters. The zero-order chi connectivity index (χ0) is 21.4. The predicted octanol–water partition coefficient (Wildman–Crippen LogP) is 3.55. The van der Waals surface area contributed by atoms with Crippen LogP contribution in [0.3, 0.4) is 0 Å². The minimum Gasteiger partial charge on any atom is -0.369 e. The number of nitriles is 1. The Bertz CT molecular complexity index is 1240. The van der Waals surface area contributed by atoms with E-state index >= 15 is 0 Å². The molecule has 1 N–H and O–H groups in total. The van der Waals surface area contributed by atoms with Crippen molar-refractivity contribution in [3.05, 3.63) is 76.3 Å². The molecule has 2 aromatic heterocycles. The number of anilines is 1. The standard InChI is InChI=1S/C25H25N5O/c1-17-16-29(20-7-4-18(15-26)5-8-20)11-12-30(17)21-9-6-19(13-21)23-14-24-22(25(31)28-23)3-2-10-27-24/h2-5,7-8,10,13-14,17,21H,6,9,11-12,16H2,1H3,(H,28,31). The van der Waals surface area contributed by atoms with Crippen molar-refractivity contribution in [3.63, 3.8) is 0 Å². The first-order valence-electron chi connectivity index (χ1n) is 10.8. The lowest BCUT2D eigenvalue weighted by Crippen LogP contribution is -2.54. The van der Waals surface area contributed by atoms with Crippen molar-refractivity contribution < 1.29 is 0 Å². The Kier molecular flexibility index (Phi) is 5.05. The fourth-order valence-corrected chi connectivity index (χ4v) is 4.89. The van der Waals surface area contributed by atoms with Gasteiger partial charge in [-0.05, 0) is 67.8 Å². The Morgan fingerprint density at radius 2 is 2.03 bits per heavy atom. The number of benzene rings is 1. The molecule has 0 spiro atoms. The number of hydrogen-bond acceptors (Lipinski definition) is 5. The fourth-order valence-electron chi connectivity index (χ4n) is 4.89. The van der Waals surface area contributed by atoms with E-state index in [9.17, 15) is 4.79 Å². The highest BCUT2D eigenvalue weighted by Crippen LogP contribution is 2.32. The molecule has 1 saturated heterocycles. The molecular weight excluding hydrogens is 386 g/mol. The smallest absolute Gasteiger partial charge is 0.257 e. The summed E-state index contributed by atoms with van der Waals surface area (Å²) in [6.07, 6.45) is 6.08. The fraction of sp³-hybridized carbons (Fsp3) is 0.320. The Hall–Kier alpha value is -3.43. The number of piperazine rings is 1. The van der Waals surface area contributed by atoms with E-state index in [1.54, 1.807) is 12.3 Å². The van der Waals surface area contributed by atoms with Crippen LogP contribution >= 0.6 is 0 Å². The summed E-state index contributed by atoms with van der Waals surface area (Å²) >= 11 is 0. The maximum atomic E-state index is 12.4. The van der Waals surface area contributed by atoms with Crippen molar-refractivity contribution in [3.8, 4) is 6.07 Å². The second-order valence-electron chi connectivity index (χ2n) is 8.44. The van der Waals surface area contributed by atoms with E-state index in [1.807, 2.05) is 36.4 Å². The third kappa shape index (κ3) is 3.73. The molecule has 3 heterocycles. The van der Waals surface area contributed by atoms with E-state index in [0.29, 0.717) is 23.0 Å². The highest BCUT2D eigenvalue weighted by atomic mass is 16.1. The van der Waals surface area contributed by atoms with Crippen LogP contribution in [0.5, 0.6) is 0 Å². The molecule has 6 heteroatoms. The molecule has 0 saturated carbocycles. The van der Waals surface area contributed by atoms with Crippen molar-refractivity contribution in [2.75, 3.05) is 24.5 Å². The maximum absolute atomic E-state index is 12.4. The van der Waals surface area contributed by atoms with Gasteiger partial charge in [0.25, 0.3) is 5.56 Å². The van der Waals surface area contributed by atoms with Crippen LogP contribution in [0.2, 0.25) is 0 Å². The van der Waals surface area contributed by atoms with Crippen molar-refractivity contribution in [2.45, 2.75) is 31.8 Å². The van der Waals surface area contributed by atoms with Gasteiger partial charge < -0.3 is 9.88 Å². The molecule has 5 rings (SSSR count). The average molecular weight is 412 g/mol. The van der Waals surface area contributed by atoms with Gasteiger partial charge in [0.2, 0.25) is 0 Å². The molecule has 6 nitrogen and oxygen atoms in total. The highest BCUT2D eigenvalue weighted by molar-refractivity contribution is 5.81. The summed E-state index contributed by atoms with van der Waals surface area (Å²) in [7, 11) is 0. The summed E-state index contributed by atoms with van der Waals surface area (Å²) in [5, 5.41) is 9.64. The summed E-state index contributed by atoms with van der Waals surface area (Å²) in [4.78, 5) is 24.8. The number of hydrogen-bond donors (Lipinski definition) is 1. The van der Waals surface area contributed by atoms with E-state index in [2.05, 4.69) is 38.8 Å². The molecule has 0 radical (unpaired) electrons. The largest absolute Gasteiger partial charge is 0.369 e. The topological polar surface area (TPSA) is 76.0 Å². The van der Waals surface area contributed by atoms with Gasteiger partial charge in [0.1, 0.15) is 0 Å². The molecule has 1 aromatic carbocycles. The normalized spacial score (nSPS) is 21.8. The molecule has 1 fully saturated rings. The molecule has 3 aromatic rings. The second-order valence-corrected chi connectivity index (χ2v) is 8.44. The zero-order valence-corrected chi connectivity index (χ0v) is 17.6. The Morgan fingerprint density at radius 3 is 2.81 bits per heavy atom. The zero-order valence-electron chi connectivity index (χ0n) is 17.6. The summed E-state index contributed by atoms with van der Waals surface area (Å²) in [6, 6.07) is 16.4. The molecule has 2 aliphatic rings. The lowest BCUT2D eigenvalue weighted by atomic mass is 10.1. The number of aromatic amines is 1. The van der Waals surface area contributed by atoms with Crippen molar-refractivity contribution in [2.24, 2.45) is 0 Å². The van der Waals surface area contributed by atoms with Crippen LogP contribution in [0, 0.1) is 11.3 Å². The Morgan fingerprint density at radius 1 is 1.19 bits per heavy atom. The van der Waals surface area contributed by atoms with Gasteiger partial charge in [0, 0.05) is 49.3 Å². The van der Waals surface area contributed by atoms with Crippen LogP contribution in [-0.2, 0) is 0 Å². The van der Waals surface area contributed by atoms with Crippen LogP contribution in [-0.4, -0.2) is 46.6 Å². The average Bonchev–Trinajstić information content (AvgIpc) is 3.29. The highest BCUT2D eigenvalue weighted by Gasteiger charge is 2.31. The maximum Gasteiger partial charge on any atom is 0.257 e. The quantitative estimate of drug-likeness (QED) is 0.713. The molecule has 0 amide bonds. The van der Waals surface area contributed by atoms with Gasteiger partial charge in [0.05, 0.1) is 22.5 Å². The molecular formula is C25H25N5O. The third-order valence-corrected chi connectivity index (χ3v) is 6.53. The van der Waals surface area contributed by atoms with Gasteiger partial charge in [0.15, 0.2) is 0 Å². The van der Waals surface area contributed by atoms with E-state index in [-0.39, 0.29) is 5.56 Å². The summed E-state index contributed by atoms with van der Waals surface area (Å²) in [5.74, 6) is 0. The number of rotatable bonds is 3. The summed E-state index contributed by atoms with van der Waals surface area (Å²) < 4.78 is 0. The first kappa shape index (κ1) is 19.5. The third-order valence-electron chi connectivity index (χ3n) is 6.53. The molecule has 31 heavy (non-hydrogen) atoms. The monoisotopic (exact) mass is 411 g/mol.